The molecule has 0 aliphatic heterocycles. The van der Waals surface area contributed by atoms with E-state index in [-0.39, 0.29) is 12.0 Å². The Morgan fingerprint density at radius 3 is 2.24 bits per heavy atom. The van der Waals surface area contributed by atoms with Gasteiger partial charge in [0.2, 0.25) is 0 Å². The maximum atomic E-state index is 10.9. The van der Waals surface area contributed by atoms with E-state index in [4.69, 9.17) is 4.74 Å². The molecule has 1 atom stereocenters. The van der Waals surface area contributed by atoms with Gasteiger partial charge in [-0.25, -0.2) is 0 Å². The molecule has 0 radical (unpaired) electrons. The molecule has 3 nitrogen and oxygen atoms in total. The fraction of sp³-hybridized carbons (Fsp3) is 0.643. The highest BCUT2D eigenvalue weighted by Gasteiger charge is 2.17. The fourth-order valence-corrected chi connectivity index (χ4v) is 2.26. The van der Waals surface area contributed by atoms with Crippen molar-refractivity contribution in [1.82, 2.24) is 4.57 Å². The number of esters is 1. The van der Waals surface area contributed by atoms with Gasteiger partial charge in [-0.3, -0.25) is 4.79 Å². The smallest absolute Gasteiger partial charge is 0.302 e. The normalized spacial score (nSPS) is 12.8. The predicted molar refractivity (Wildman–Crippen MR) is 69.0 cm³/mol. The summed E-state index contributed by atoms with van der Waals surface area (Å²) in [5.41, 5.74) is 2.45. The first-order valence-electron chi connectivity index (χ1n) is 6.19. The van der Waals surface area contributed by atoms with Crippen molar-refractivity contribution in [2.24, 2.45) is 5.92 Å². The number of carbonyl (C=O) groups is 1. The molecular formula is C14H23NO2. The van der Waals surface area contributed by atoms with Gasteiger partial charge < -0.3 is 9.30 Å². The van der Waals surface area contributed by atoms with Gasteiger partial charge in [-0.05, 0) is 38.3 Å². The van der Waals surface area contributed by atoms with Crippen molar-refractivity contribution < 1.29 is 9.53 Å². The number of aromatic nitrogens is 1. The highest BCUT2D eigenvalue weighted by atomic mass is 16.5. The standard InChI is InChI=1S/C14H23NO2/c1-10(2)8-14(9-17-13(5)16)15-11(3)6-7-12(15)4/h6-7,10,14H,8-9H2,1-5H3. The Labute approximate surface area is 104 Å². The van der Waals surface area contributed by atoms with E-state index in [1.807, 2.05) is 0 Å². The van der Waals surface area contributed by atoms with Crippen molar-refractivity contribution in [1.29, 1.82) is 0 Å². The number of nitrogens with zero attached hydrogens (tertiary/aromatic N) is 1. The maximum Gasteiger partial charge on any atom is 0.302 e. The minimum Gasteiger partial charge on any atom is -0.464 e. The molecule has 0 bridgehead atoms. The van der Waals surface area contributed by atoms with Crippen LogP contribution in [0.4, 0.5) is 0 Å². The van der Waals surface area contributed by atoms with Gasteiger partial charge in [0.25, 0.3) is 0 Å². The lowest BCUT2D eigenvalue weighted by Gasteiger charge is -2.24. The van der Waals surface area contributed by atoms with E-state index in [1.54, 1.807) is 0 Å². The molecule has 0 amide bonds. The maximum absolute atomic E-state index is 10.9. The number of hydrogen-bond donors (Lipinski definition) is 0. The zero-order chi connectivity index (χ0) is 13.0. The molecule has 96 valence electrons. The molecule has 0 aromatic carbocycles. The van der Waals surface area contributed by atoms with Gasteiger partial charge in [-0.1, -0.05) is 13.8 Å². The summed E-state index contributed by atoms with van der Waals surface area (Å²) in [5.74, 6) is 0.373. The average molecular weight is 237 g/mol. The van der Waals surface area contributed by atoms with Gasteiger partial charge in [-0.15, -0.1) is 0 Å². The minimum absolute atomic E-state index is 0.207. The minimum atomic E-state index is -0.207. The zero-order valence-electron chi connectivity index (χ0n) is 11.5. The summed E-state index contributed by atoms with van der Waals surface area (Å²) in [7, 11) is 0. The van der Waals surface area contributed by atoms with E-state index in [9.17, 15) is 4.79 Å². The summed E-state index contributed by atoms with van der Waals surface area (Å²) in [4.78, 5) is 10.9. The molecule has 1 aromatic heterocycles. The molecule has 0 aliphatic rings. The number of hydrogen-bond acceptors (Lipinski definition) is 2. The lowest BCUT2D eigenvalue weighted by atomic mass is 10.0. The molecule has 1 unspecified atom stereocenters. The zero-order valence-corrected chi connectivity index (χ0v) is 11.5. The summed E-state index contributed by atoms with van der Waals surface area (Å²) >= 11 is 0. The molecule has 0 fully saturated rings. The van der Waals surface area contributed by atoms with Crippen molar-refractivity contribution >= 4 is 5.97 Å². The van der Waals surface area contributed by atoms with E-state index < -0.39 is 0 Å². The van der Waals surface area contributed by atoms with Crippen molar-refractivity contribution in [2.75, 3.05) is 6.61 Å². The van der Waals surface area contributed by atoms with Gasteiger partial charge >= 0.3 is 5.97 Å². The summed E-state index contributed by atoms with van der Waals surface area (Å²) in [5, 5.41) is 0. The van der Waals surface area contributed by atoms with Crippen LogP contribution in [0.15, 0.2) is 12.1 Å². The highest BCUT2D eigenvalue weighted by Crippen LogP contribution is 2.23. The molecule has 0 saturated carbocycles. The van der Waals surface area contributed by atoms with Crippen LogP contribution in [0.1, 0.15) is 44.6 Å². The molecule has 0 spiro atoms. The van der Waals surface area contributed by atoms with Crippen LogP contribution in [0, 0.1) is 19.8 Å². The molecule has 1 rings (SSSR count). The SMILES string of the molecule is CC(=O)OCC(CC(C)C)n1c(C)ccc1C. The molecule has 3 heteroatoms. The van der Waals surface area contributed by atoms with Gasteiger partial charge in [0.15, 0.2) is 0 Å². The Bertz CT molecular complexity index is 360. The molecular weight excluding hydrogens is 214 g/mol. The summed E-state index contributed by atoms with van der Waals surface area (Å²) in [6, 6.07) is 4.46. The number of aryl methyl sites for hydroxylation is 2. The number of rotatable bonds is 5. The third kappa shape index (κ3) is 3.91. The van der Waals surface area contributed by atoms with E-state index in [1.165, 1.54) is 18.3 Å². The third-order valence-corrected chi connectivity index (χ3v) is 2.91. The second-order valence-corrected chi connectivity index (χ2v) is 5.07. The number of ether oxygens (including phenoxy) is 1. The first-order chi connectivity index (χ1) is 7.91. The Morgan fingerprint density at radius 1 is 1.29 bits per heavy atom. The van der Waals surface area contributed by atoms with Crippen LogP contribution in [0.2, 0.25) is 0 Å². The summed E-state index contributed by atoms with van der Waals surface area (Å²) in [6.45, 7) is 10.5. The first-order valence-corrected chi connectivity index (χ1v) is 6.19. The van der Waals surface area contributed by atoms with Crippen LogP contribution in [0.5, 0.6) is 0 Å². The lowest BCUT2D eigenvalue weighted by molar-refractivity contribution is -0.142. The van der Waals surface area contributed by atoms with Crippen LogP contribution in [0.3, 0.4) is 0 Å². The Morgan fingerprint density at radius 2 is 1.82 bits per heavy atom. The molecule has 1 heterocycles. The van der Waals surface area contributed by atoms with Gasteiger partial charge in [0, 0.05) is 18.3 Å². The van der Waals surface area contributed by atoms with Gasteiger partial charge in [0.1, 0.15) is 6.61 Å². The van der Waals surface area contributed by atoms with E-state index >= 15 is 0 Å². The van der Waals surface area contributed by atoms with Crippen LogP contribution in [-0.2, 0) is 9.53 Å². The van der Waals surface area contributed by atoms with E-state index in [0.717, 1.165) is 6.42 Å². The van der Waals surface area contributed by atoms with Crippen LogP contribution >= 0.6 is 0 Å². The topological polar surface area (TPSA) is 31.2 Å². The van der Waals surface area contributed by atoms with Crippen LogP contribution < -0.4 is 0 Å². The quantitative estimate of drug-likeness (QED) is 0.736. The second-order valence-electron chi connectivity index (χ2n) is 5.07. The third-order valence-electron chi connectivity index (χ3n) is 2.91. The molecule has 1 aromatic rings. The highest BCUT2D eigenvalue weighted by molar-refractivity contribution is 5.65. The molecule has 0 N–H and O–H groups in total. The molecule has 0 aliphatic carbocycles. The molecule has 0 saturated heterocycles. The van der Waals surface area contributed by atoms with Crippen LogP contribution in [0.25, 0.3) is 0 Å². The van der Waals surface area contributed by atoms with Gasteiger partial charge in [-0.2, -0.15) is 0 Å². The van der Waals surface area contributed by atoms with Crippen molar-refractivity contribution in [3.8, 4) is 0 Å². The van der Waals surface area contributed by atoms with Crippen molar-refractivity contribution in [3.63, 3.8) is 0 Å². The van der Waals surface area contributed by atoms with E-state index in [0.29, 0.717) is 12.5 Å². The van der Waals surface area contributed by atoms with E-state index in [2.05, 4.69) is 44.4 Å². The fourth-order valence-electron chi connectivity index (χ4n) is 2.26. The second kappa shape index (κ2) is 5.89. The summed E-state index contributed by atoms with van der Waals surface area (Å²) < 4.78 is 7.45. The largest absolute Gasteiger partial charge is 0.464 e. The van der Waals surface area contributed by atoms with Crippen molar-refractivity contribution in [2.45, 2.75) is 47.1 Å². The lowest BCUT2D eigenvalue weighted by Crippen LogP contribution is -2.21. The Kier molecular flexibility index (Phi) is 4.79. The van der Waals surface area contributed by atoms with Crippen LogP contribution in [-0.4, -0.2) is 17.1 Å². The number of carbonyl (C=O) groups excluding carboxylic acids is 1. The first kappa shape index (κ1) is 13.8. The monoisotopic (exact) mass is 237 g/mol. The summed E-state index contributed by atoms with van der Waals surface area (Å²) in [6.07, 6.45) is 1.02. The Hall–Kier alpha value is -1.25. The average Bonchev–Trinajstić information content (AvgIpc) is 2.53. The predicted octanol–water partition coefficient (Wildman–Crippen LogP) is 3.26. The van der Waals surface area contributed by atoms with Crippen molar-refractivity contribution in [3.05, 3.63) is 23.5 Å². The molecule has 17 heavy (non-hydrogen) atoms. The van der Waals surface area contributed by atoms with Gasteiger partial charge in [0.05, 0.1) is 6.04 Å². The Balaban J connectivity index is 2.85.